The van der Waals surface area contributed by atoms with Gasteiger partial charge in [0.05, 0.1) is 18.8 Å². The Morgan fingerprint density at radius 2 is 2.06 bits per heavy atom. The van der Waals surface area contributed by atoms with Gasteiger partial charge < -0.3 is 10.1 Å². The molecule has 2 nitrogen and oxygen atoms in total. The van der Waals surface area contributed by atoms with E-state index in [2.05, 4.69) is 67.1 Å². The van der Waals surface area contributed by atoms with Crippen LogP contribution in [-0.2, 0) is 4.74 Å². The highest BCUT2D eigenvalue weighted by atomic mass is 79.9. The maximum absolute atomic E-state index is 5.72. The van der Waals surface area contributed by atoms with E-state index in [1.807, 2.05) is 0 Å². The summed E-state index contributed by atoms with van der Waals surface area (Å²) < 4.78 is 6.86. The van der Waals surface area contributed by atoms with Gasteiger partial charge in [0.2, 0.25) is 0 Å². The van der Waals surface area contributed by atoms with Crippen LogP contribution < -0.4 is 5.32 Å². The van der Waals surface area contributed by atoms with E-state index in [0.29, 0.717) is 6.61 Å². The number of aryl methyl sites for hydroxylation is 1. The van der Waals surface area contributed by atoms with Gasteiger partial charge in [-0.2, -0.15) is 0 Å². The maximum atomic E-state index is 5.72. The van der Waals surface area contributed by atoms with Crippen LogP contribution in [0.1, 0.15) is 37.9 Å². The lowest BCUT2D eigenvalue weighted by atomic mass is 10.0. The fourth-order valence-electron chi connectivity index (χ4n) is 1.72. The van der Waals surface area contributed by atoms with Crippen LogP contribution in [-0.4, -0.2) is 19.3 Å². The van der Waals surface area contributed by atoms with Crippen LogP contribution in [0, 0.1) is 6.92 Å². The van der Waals surface area contributed by atoms with Gasteiger partial charge >= 0.3 is 0 Å². The number of hydrogen-bond acceptors (Lipinski definition) is 2. The third-order valence-corrected chi connectivity index (χ3v) is 3.30. The minimum atomic E-state index is 0.247. The summed E-state index contributed by atoms with van der Waals surface area (Å²) >= 11 is 3.61. The van der Waals surface area contributed by atoms with Crippen LogP contribution in [0.3, 0.4) is 0 Å². The van der Waals surface area contributed by atoms with Crippen LogP contribution >= 0.6 is 15.9 Å². The molecule has 0 amide bonds. The van der Waals surface area contributed by atoms with E-state index in [4.69, 9.17) is 4.74 Å². The first-order valence-corrected chi connectivity index (χ1v) is 6.95. The number of nitrogens with one attached hydrogen (secondary N) is 1. The van der Waals surface area contributed by atoms with E-state index in [1.54, 1.807) is 0 Å². The summed E-state index contributed by atoms with van der Waals surface area (Å²) in [7, 11) is 0. The molecule has 17 heavy (non-hydrogen) atoms. The highest BCUT2D eigenvalue weighted by molar-refractivity contribution is 9.10. The highest BCUT2D eigenvalue weighted by Gasteiger charge is 2.14. The Morgan fingerprint density at radius 1 is 1.35 bits per heavy atom. The number of benzene rings is 1. The molecule has 0 aliphatic rings. The van der Waals surface area contributed by atoms with Crippen molar-refractivity contribution in [2.75, 3.05) is 13.2 Å². The molecule has 0 radical (unpaired) electrons. The molecule has 1 aromatic rings. The third-order valence-electron chi connectivity index (χ3n) is 2.57. The van der Waals surface area contributed by atoms with Crippen LogP contribution in [0.15, 0.2) is 22.7 Å². The zero-order valence-corrected chi connectivity index (χ0v) is 12.7. The number of hydrogen-bond donors (Lipinski definition) is 1. The lowest BCUT2D eigenvalue weighted by molar-refractivity contribution is 0.0613. The molecule has 1 N–H and O–H groups in total. The molecule has 1 rings (SSSR count). The molecule has 1 aromatic carbocycles. The van der Waals surface area contributed by atoms with Crippen LogP contribution in [0.2, 0.25) is 0 Å². The summed E-state index contributed by atoms with van der Waals surface area (Å²) in [5.41, 5.74) is 2.54. The van der Waals surface area contributed by atoms with Crippen molar-refractivity contribution in [1.29, 1.82) is 0 Å². The largest absolute Gasteiger partial charge is 0.377 e. The van der Waals surface area contributed by atoms with Crippen molar-refractivity contribution in [3.8, 4) is 0 Å². The quantitative estimate of drug-likeness (QED) is 0.862. The van der Waals surface area contributed by atoms with Gasteiger partial charge in [-0.15, -0.1) is 0 Å². The Labute approximate surface area is 113 Å². The molecule has 1 unspecified atom stereocenters. The van der Waals surface area contributed by atoms with Crippen molar-refractivity contribution in [1.82, 2.24) is 5.32 Å². The average Bonchev–Trinajstić information content (AvgIpc) is 2.27. The molecule has 0 spiro atoms. The molecule has 0 aromatic heterocycles. The number of ether oxygens (including phenoxy) is 1. The van der Waals surface area contributed by atoms with Gasteiger partial charge in [-0.1, -0.05) is 40.5 Å². The van der Waals surface area contributed by atoms with Crippen molar-refractivity contribution < 1.29 is 4.74 Å². The summed E-state index contributed by atoms with van der Waals surface area (Å²) in [4.78, 5) is 0. The maximum Gasteiger partial charge on any atom is 0.0665 e. The first-order valence-electron chi connectivity index (χ1n) is 6.15. The fraction of sp³-hybridized carbons (Fsp3) is 0.571. The fourth-order valence-corrected chi connectivity index (χ4v) is 2.25. The normalized spacial score (nSPS) is 13.1. The SMILES string of the molecule is CCNC(COC(C)C)c1cc(C)ccc1Br. The Bertz CT molecular complexity index is 352. The summed E-state index contributed by atoms with van der Waals surface area (Å²) in [5.74, 6) is 0. The molecule has 0 saturated heterocycles. The van der Waals surface area contributed by atoms with Gasteiger partial charge in [0.25, 0.3) is 0 Å². The van der Waals surface area contributed by atoms with Crippen LogP contribution in [0.4, 0.5) is 0 Å². The molecule has 3 heteroatoms. The molecular formula is C14H22BrNO. The lowest BCUT2D eigenvalue weighted by Gasteiger charge is -2.21. The van der Waals surface area contributed by atoms with E-state index < -0.39 is 0 Å². The Hall–Kier alpha value is -0.380. The Balaban J connectivity index is 2.84. The Morgan fingerprint density at radius 3 is 2.65 bits per heavy atom. The van der Waals surface area contributed by atoms with Crippen molar-refractivity contribution in [3.63, 3.8) is 0 Å². The van der Waals surface area contributed by atoms with Gasteiger partial charge in [-0.05, 0) is 38.9 Å². The molecule has 96 valence electrons. The summed E-state index contributed by atoms with van der Waals surface area (Å²) in [6, 6.07) is 6.67. The minimum absolute atomic E-state index is 0.247. The van der Waals surface area contributed by atoms with E-state index in [9.17, 15) is 0 Å². The van der Waals surface area contributed by atoms with Crippen LogP contribution in [0.5, 0.6) is 0 Å². The standard InChI is InChI=1S/C14H22BrNO/c1-5-16-14(9-17-10(2)3)12-8-11(4)6-7-13(12)15/h6-8,10,14,16H,5,9H2,1-4H3. The minimum Gasteiger partial charge on any atom is -0.377 e. The first kappa shape index (κ1) is 14.7. The molecule has 0 bridgehead atoms. The third kappa shape index (κ3) is 4.78. The second-order valence-corrected chi connectivity index (χ2v) is 5.37. The van der Waals surface area contributed by atoms with Crippen molar-refractivity contribution in [2.24, 2.45) is 0 Å². The van der Waals surface area contributed by atoms with E-state index in [1.165, 1.54) is 11.1 Å². The van der Waals surface area contributed by atoms with Crippen LogP contribution in [0.25, 0.3) is 0 Å². The number of likely N-dealkylation sites (N-methyl/N-ethyl adjacent to an activating group) is 1. The molecule has 1 atom stereocenters. The second-order valence-electron chi connectivity index (χ2n) is 4.52. The molecule has 0 saturated carbocycles. The first-order chi connectivity index (χ1) is 8.04. The smallest absolute Gasteiger partial charge is 0.0665 e. The predicted octanol–water partition coefficient (Wildman–Crippen LogP) is 3.83. The van der Waals surface area contributed by atoms with Crippen molar-refractivity contribution in [3.05, 3.63) is 33.8 Å². The second kappa shape index (κ2) is 7.14. The molecule has 0 fully saturated rings. The van der Waals surface area contributed by atoms with E-state index in [0.717, 1.165) is 11.0 Å². The summed E-state index contributed by atoms with van der Waals surface area (Å²) in [6.45, 7) is 10.00. The molecule has 0 aliphatic heterocycles. The molecule has 0 heterocycles. The van der Waals surface area contributed by atoms with Gasteiger partial charge in [-0.3, -0.25) is 0 Å². The highest BCUT2D eigenvalue weighted by Crippen LogP contribution is 2.25. The van der Waals surface area contributed by atoms with E-state index >= 15 is 0 Å². The monoisotopic (exact) mass is 299 g/mol. The Kier molecular flexibility index (Phi) is 6.17. The molecule has 0 aliphatic carbocycles. The topological polar surface area (TPSA) is 21.3 Å². The van der Waals surface area contributed by atoms with Gasteiger partial charge in [-0.25, -0.2) is 0 Å². The van der Waals surface area contributed by atoms with Gasteiger partial charge in [0.15, 0.2) is 0 Å². The summed E-state index contributed by atoms with van der Waals surface area (Å²) in [5, 5.41) is 3.47. The van der Waals surface area contributed by atoms with Crippen molar-refractivity contribution >= 4 is 15.9 Å². The average molecular weight is 300 g/mol. The van der Waals surface area contributed by atoms with Gasteiger partial charge in [0, 0.05) is 4.47 Å². The lowest BCUT2D eigenvalue weighted by Crippen LogP contribution is -2.27. The molecular weight excluding hydrogens is 278 g/mol. The number of halogens is 1. The van der Waals surface area contributed by atoms with Crippen molar-refractivity contribution in [2.45, 2.75) is 39.8 Å². The summed E-state index contributed by atoms with van der Waals surface area (Å²) in [6.07, 6.45) is 0.264. The van der Waals surface area contributed by atoms with Gasteiger partial charge in [0.1, 0.15) is 0 Å². The zero-order valence-electron chi connectivity index (χ0n) is 11.1. The predicted molar refractivity (Wildman–Crippen MR) is 76.4 cm³/mol. The zero-order chi connectivity index (χ0) is 12.8. The van der Waals surface area contributed by atoms with E-state index in [-0.39, 0.29) is 12.1 Å². The number of rotatable bonds is 6.